The maximum atomic E-state index is 12.9. The Kier molecular flexibility index (Phi) is 2.92. The summed E-state index contributed by atoms with van der Waals surface area (Å²) < 4.78 is 17.3. The zero-order chi connectivity index (χ0) is 9.84. The lowest BCUT2D eigenvalue weighted by Crippen LogP contribution is -2.12. The molecule has 13 heavy (non-hydrogen) atoms. The summed E-state index contributed by atoms with van der Waals surface area (Å²) in [5, 5.41) is 0. The van der Waals surface area contributed by atoms with Crippen LogP contribution >= 0.6 is 0 Å². The summed E-state index contributed by atoms with van der Waals surface area (Å²) in [6, 6.07) is 2.67. The second-order valence-corrected chi connectivity index (χ2v) is 2.39. The van der Waals surface area contributed by atoms with E-state index in [0.717, 1.165) is 0 Å². The van der Waals surface area contributed by atoms with Crippen LogP contribution in [0.15, 0.2) is 18.3 Å². The number of rotatable bonds is 3. The molecule has 2 N–H and O–H groups in total. The minimum Gasteiger partial charge on any atom is -0.366 e. The fraction of sp³-hybridized carbons (Fsp3) is 0.250. The Morgan fingerprint density at radius 2 is 2.46 bits per heavy atom. The van der Waals surface area contributed by atoms with Gasteiger partial charge in [0.1, 0.15) is 5.69 Å². The third-order valence-corrected chi connectivity index (χ3v) is 1.51. The molecule has 70 valence electrons. The third-order valence-electron chi connectivity index (χ3n) is 1.51. The van der Waals surface area contributed by atoms with E-state index < -0.39 is 12.3 Å². The maximum Gasteiger partial charge on any atom is 0.248 e. The molecular formula is C8H9FN2O2. The van der Waals surface area contributed by atoms with Crippen molar-refractivity contribution >= 4 is 5.91 Å². The molecule has 0 aromatic carbocycles. The molecule has 1 aromatic rings. The normalized spacial score (nSPS) is 12.5. The molecule has 0 aliphatic carbocycles. The van der Waals surface area contributed by atoms with Gasteiger partial charge in [-0.2, -0.15) is 0 Å². The standard InChI is InChI=1S/C8H9FN2O2/c1-13-7(9)6-4-5(8(10)12)2-3-11-6/h2-4,7H,1H3,(H2,10,12). The van der Waals surface area contributed by atoms with Crippen molar-refractivity contribution in [2.75, 3.05) is 7.11 Å². The fourth-order valence-corrected chi connectivity index (χ4v) is 0.846. The Morgan fingerprint density at radius 1 is 1.77 bits per heavy atom. The van der Waals surface area contributed by atoms with Crippen LogP contribution in [0.25, 0.3) is 0 Å². The van der Waals surface area contributed by atoms with Gasteiger partial charge < -0.3 is 10.5 Å². The number of nitrogens with zero attached hydrogens (tertiary/aromatic N) is 1. The number of halogens is 1. The lowest BCUT2D eigenvalue weighted by Gasteiger charge is -2.05. The number of nitrogens with two attached hydrogens (primary N) is 1. The van der Waals surface area contributed by atoms with Gasteiger partial charge in [0, 0.05) is 18.9 Å². The van der Waals surface area contributed by atoms with Gasteiger partial charge in [-0.05, 0) is 12.1 Å². The number of alkyl halides is 1. The lowest BCUT2D eigenvalue weighted by atomic mass is 10.2. The highest BCUT2D eigenvalue weighted by atomic mass is 19.1. The van der Waals surface area contributed by atoms with E-state index >= 15 is 0 Å². The second kappa shape index (κ2) is 3.95. The van der Waals surface area contributed by atoms with Gasteiger partial charge in [0.05, 0.1) is 0 Å². The number of carbonyl (C=O) groups is 1. The largest absolute Gasteiger partial charge is 0.366 e. The first-order valence-electron chi connectivity index (χ1n) is 3.57. The van der Waals surface area contributed by atoms with Gasteiger partial charge in [-0.3, -0.25) is 9.78 Å². The van der Waals surface area contributed by atoms with E-state index in [1.807, 2.05) is 0 Å². The molecule has 0 aliphatic rings. The molecule has 0 spiro atoms. The van der Waals surface area contributed by atoms with Crippen LogP contribution in [0.3, 0.4) is 0 Å². The molecule has 1 aromatic heterocycles. The Hall–Kier alpha value is -1.49. The van der Waals surface area contributed by atoms with Crippen molar-refractivity contribution in [3.63, 3.8) is 0 Å². The molecule has 0 saturated carbocycles. The molecule has 0 saturated heterocycles. The Bertz CT molecular complexity index is 317. The van der Waals surface area contributed by atoms with Crippen LogP contribution in [0.1, 0.15) is 22.4 Å². The van der Waals surface area contributed by atoms with Gasteiger partial charge in [0.15, 0.2) is 0 Å². The number of carbonyl (C=O) groups excluding carboxylic acids is 1. The predicted octanol–water partition coefficient (Wildman–Crippen LogP) is 0.795. The first-order valence-corrected chi connectivity index (χ1v) is 3.57. The van der Waals surface area contributed by atoms with E-state index in [-0.39, 0.29) is 11.3 Å². The van der Waals surface area contributed by atoms with Crippen molar-refractivity contribution in [1.29, 1.82) is 0 Å². The van der Waals surface area contributed by atoms with Crippen molar-refractivity contribution in [2.45, 2.75) is 6.36 Å². The minimum absolute atomic E-state index is 0.0406. The number of hydrogen-bond donors (Lipinski definition) is 1. The minimum atomic E-state index is -1.63. The highest BCUT2D eigenvalue weighted by Gasteiger charge is 2.11. The summed E-state index contributed by atoms with van der Waals surface area (Å²) >= 11 is 0. The third kappa shape index (κ3) is 2.22. The number of aromatic nitrogens is 1. The Balaban J connectivity index is 2.98. The molecule has 1 atom stereocenters. The lowest BCUT2D eigenvalue weighted by molar-refractivity contribution is -0.00994. The quantitative estimate of drug-likeness (QED) is 0.755. The zero-order valence-corrected chi connectivity index (χ0v) is 7.03. The first-order chi connectivity index (χ1) is 6.15. The maximum absolute atomic E-state index is 12.9. The van der Waals surface area contributed by atoms with Crippen LogP contribution in [0.4, 0.5) is 4.39 Å². The van der Waals surface area contributed by atoms with Crippen LogP contribution < -0.4 is 5.73 Å². The molecule has 0 aliphatic heterocycles. The Morgan fingerprint density at radius 3 is 3.00 bits per heavy atom. The van der Waals surface area contributed by atoms with Gasteiger partial charge in [-0.15, -0.1) is 0 Å². The number of ether oxygens (including phenoxy) is 1. The van der Waals surface area contributed by atoms with Crippen molar-refractivity contribution in [3.05, 3.63) is 29.6 Å². The molecule has 1 heterocycles. The summed E-state index contributed by atoms with van der Waals surface area (Å²) in [4.78, 5) is 14.4. The highest BCUT2D eigenvalue weighted by molar-refractivity contribution is 5.92. The van der Waals surface area contributed by atoms with E-state index in [4.69, 9.17) is 5.73 Å². The van der Waals surface area contributed by atoms with Crippen LogP contribution in [-0.4, -0.2) is 18.0 Å². The number of pyridine rings is 1. The number of primary amides is 1. The number of methoxy groups -OCH3 is 1. The predicted molar refractivity (Wildman–Crippen MR) is 43.6 cm³/mol. The average molecular weight is 184 g/mol. The van der Waals surface area contributed by atoms with E-state index in [1.165, 1.54) is 25.4 Å². The molecule has 0 radical (unpaired) electrons. The number of amides is 1. The van der Waals surface area contributed by atoms with Crippen molar-refractivity contribution in [1.82, 2.24) is 4.98 Å². The van der Waals surface area contributed by atoms with Gasteiger partial charge in [-0.1, -0.05) is 0 Å². The SMILES string of the molecule is COC(F)c1cc(C(N)=O)ccn1. The smallest absolute Gasteiger partial charge is 0.248 e. The monoisotopic (exact) mass is 184 g/mol. The van der Waals surface area contributed by atoms with Gasteiger partial charge >= 0.3 is 0 Å². The van der Waals surface area contributed by atoms with E-state index in [1.54, 1.807) is 0 Å². The van der Waals surface area contributed by atoms with Gasteiger partial charge in [-0.25, -0.2) is 4.39 Å². The summed E-state index contributed by atoms with van der Waals surface area (Å²) in [6.45, 7) is 0. The molecule has 0 bridgehead atoms. The molecule has 1 amide bonds. The summed E-state index contributed by atoms with van der Waals surface area (Å²) in [5.41, 5.74) is 5.25. The number of hydrogen-bond acceptors (Lipinski definition) is 3. The summed E-state index contributed by atoms with van der Waals surface area (Å²) in [7, 11) is 1.21. The van der Waals surface area contributed by atoms with Crippen molar-refractivity contribution in [2.24, 2.45) is 5.73 Å². The summed E-state index contributed by atoms with van der Waals surface area (Å²) in [6.07, 6.45) is -0.319. The molecule has 1 unspecified atom stereocenters. The van der Waals surface area contributed by atoms with Crippen LogP contribution in [0, 0.1) is 0 Å². The van der Waals surface area contributed by atoms with Crippen molar-refractivity contribution in [3.8, 4) is 0 Å². The Labute approximate surface area is 74.5 Å². The molecule has 1 rings (SSSR count). The van der Waals surface area contributed by atoms with Gasteiger partial charge in [0.2, 0.25) is 12.3 Å². The second-order valence-electron chi connectivity index (χ2n) is 2.39. The highest BCUT2D eigenvalue weighted by Crippen LogP contribution is 2.15. The van der Waals surface area contributed by atoms with Crippen LogP contribution in [-0.2, 0) is 4.74 Å². The fourth-order valence-electron chi connectivity index (χ4n) is 0.846. The molecule has 4 nitrogen and oxygen atoms in total. The molecule has 5 heteroatoms. The average Bonchev–Trinajstić information content (AvgIpc) is 2.17. The topological polar surface area (TPSA) is 65.2 Å². The first kappa shape index (κ1) is 9.60. The van der Waals surface area contributed by atoms with Gasteiger partial charge in [0.25, 0.3) is 0 Å². The van der Waals surface area contributed by atoms with Crippen LogP contribution in [0.5, 0.6) is 0 Å². The molecular weight excluding hydrogens is 175 g/mol. The molecule has 0 fully saturated rings. The van der Waals surface area contributed by atoms with E-state index in [0.29, 0.717) is 0 Å². The zero-order valence-electron chi connectivity index (χ0n) is 7.03. The van der Waals surface area contributed by atoms with E-state index in [9.17, 15) is 9.18 Å². The van der Waals surface area contributed by atoms with Crippen LogP contribution in [0.2, 0.25) is 0 Å². The summed E-state index contributed by atoms with van der Waals surface area (Å²) in [5.74, 6) is -0.619. The van der Waals surface area contributed by atoms with Crippen molar-refractivity contribution < 1.29 is 13.9 Å². The van der Waals surface area contributed by atoms with E-state index in [2.05, 4.69) is 9.72 Å².